The minimum absolute atomic E-state index is 0.0612. The second-order valence-corrected chi connectivity index (χ2v) is 7.52. The summed E-state index contributed by atoms with van der Waals surface area (Å²) in [5, 5.41) is 7.20. The molecule has 3 aromatic rings. The first-order valence-electron chi connectivity index (χ1n) is 10.0. The molecule has 7 heteroatoms. The van der Waals surface area contributed by atoms with Gasteiger partial charge < -0.3 is 15.4 Å². The highest BCUT2D eigenvalue weighted by Gasteiger charge is 2.25. The molecule has 4 rings (SSSR count). The van der Waals surface area contributed by atoms with Crippen LogP contribution in [0.25, 0.3) is 0 Å². The average Bonchev–Trinajstić information content (AvgIpc) is 2.73. The first kappa shape index (κ1) is 20.2. The molecule has 0 atom stereocenters. The van der Waals surface area contributed by atoms with Gasteiger partial charge in [0.1, 0.15) is 11.6 Å². The summed E-state index contributed by atoms with van der Waals surface area (Å²) in [6, 6.07) is 13.2. The number of ether oxygens (including phenoxy) is 1. The Kier molecular flexibility index (Phi) is 5.86. The van der Waals surface area contributed by atoms with Gasteiger partial charge in [0.05, 0.1) is 17.9 Å². The quantitative estimate of drug-likeness (QED) is 0.519. The van der Waals surface area contributed by atoms with Crippen LogP contribution >= 0.6 is 11.6 Å². The van der Waals surface area contributed by atoms with Crippen molar-refractivity contribution in [1.29, 1.82) is 0 Å². The zero-order valence-electron chi connectivity index (χ0n) is 17.0. The normalized spacial score (nSPS) is 13.0. The summed E-state index contributed by atoms with van der Waals surface area (Å²) in [5.41, 5.74) is 3.88. The van der Waals surface area contributed by atoms with Gasteiger partial charge in [0.25, 0.3) is 0 Å². The van der Waals surface area contributed by atoms with Gasteiger partial charge in [-0.05, 0) is 68.7 Å². The standard InChI is InChI=1S/C23H23ClN4O2/c1-3-30-16-12-10-15(11-13-16)25-23-27-19-8-5-9-20(29)21(19)22(28-23)26-18-7-4-6-17(24)14(18)2/h4,6-7,10-13H,3,5,8-9H2,1-2H3,(H2,25,26,27,28). The van der Waals surface area contributed by atoms with Crippen molar-refractivity contribution < 1.29 is 9.53 Å². The van der Waals surface area contributed by atoms with E-state index in [0.29, 0.717) is 35.4 Å². The number of nitrogens with zero attached hydrogens (tertiary/aromatic N) is 2. The topological polar surface area (TPSA) is 76.1 Å². The second-order valence-electron chi connectivity index (χ2n) is 7.11. The van der Waals surface area contributed by atoms with Crippen molar-refractivity contribution in [2.45, 2.75) is 33.1 Å². The molecule has 0 bridgehead atoms. The molecule has 154 valence electrons. The summed E-state index contributed by atoms with van der Waals surface area (Å²) in [5.74, 6) is 1.81. The number of benzene rings is 2. The van der Waals surface area contributed by atoms with E-state index in [9.17, 15) is 4.79 Å². The van der Waals surface area contributed by atoms with Crippen LogP contribution in [0, 0.1) is 6.92 Å². The third kappa shape index (κ3) is 4.24. The number of ketones is 1. The van der Waals surface area contributed by atoms with Gasteiger partial charge in [0.2, 0.25) is 5.95 Å². The SMILES string of the molecule is CCOc1ccc(Nc2nc3c(c(Nc4cccc(Cl)c4C)n2)C(=O)CCC3)cc1. The fourth-order valence-electron chi connectivity index (χ4n) is 3.47. The molecular formula is C23H23ClN4O2. The van der Waals surface area contributed by atoms with E-state index in [4.69, 9.17) is 16.3 Å². The van der Waals surface area contributed by atoms with Gasteiger partial charge in [0.15, 0.2) is 5.78 Å². The van der Waals surface area contributed by atoms with Crippen molar-refractivity contribution in [1.82, 2.24) is 9.97 Å². The summed E-state index contributed by atoms with van der Waals surface area (Å²) in [4.78, 5) is 21.9. The van der Waals surface area contributed by atoms with Gasteiger partial charge in [-0.15, -0.1) is 0 Å². The molecule has 0 amide bonds. The van der Waals surface area contributed by atoms with Crippen LogP contribution in [-0.4, -0.2) is 22.4 Å². The Morgan fingerprint density at radius 2 is 1.87 bits per heavy atom. The van der Waals surface area contributed by atoms with Crippen LogP contribution in [0.3, 0.4) is 0 Å². The molecule has 1 aliphatic rings. The van der Waals surface area contributed by atoms with Crippen LogP contribution < -0.4 is 15.4 Å². The molecule has 0 unspecified atom stereocenters. The van der Waals surface area contributed by atoms with Crippen molar-refractivity contribution >= 4 is 40.5 Å². The van der Waals surface area contributed by atoms with Crippen molar-refractivity contribution in [3.8, 4) is 5.75 Å². The zero-order valence-corrected chi connectivity index (χ0v) is 17.7. The van der Waals surface area contributed by atoms with Crippen molar-refractivity contribution in [2.24, 2.45) is 0 Å². The van der Waals surface area contributed by atoms with Gasteiger partial charge in [-0.3, -0.25) is 4.79 Å². The molecule has 0 aliphatic heterocycles. The Balaban J connectivity index is 1.69. The van der Waals surface area contributed by atoms with Gasteiger partial charge in [0, 0.05) is 22.8 Å². The molecular weight excluding hydrogens is 400 g/mol. The Morgan fingerprint density at radius 3 is 2.63 bits per heavy atom. The molecule has 6 nitrogen and oxygen atoms in total. The molecule has 1 aliphatic carbocycles. The number of hydrogen-bond acceptors (Lipinski definition) is 6. The van der Waals surface area contributed by atoms with E-state index in [0.717, 1.165) is 41.2 Å². The molecule has 0 radical (unpaired) electrons. The number of carbonyl (C=O) groups excluding carboxylic acids is 1. The van der Waals surface area contributed by atoms with Gasteiger partial charge in [-0.25, -0.2) is 4.98 Å². The number of nitrogens with one attached hydrogen (secondary N) is 2. The van der Waals surface area contributed by atoms with E-state index in [-0.39, 0.29) is 5.78 Å². The molecule has 30 heavy (non-hydrogen) atoms. The number of aromatic nitrogens is 2. The molecule has 0 fully saturated rings. The van der Waals surface area contributed by atoms with E-state index in [1.165, 1.54) is 0 Å². The average molecular weight is 423 g/mol. The number of aryl methyl sites for hydroxylation is 1. The highest BCUT2D eigenvalue weighted by Crippen LogP contribution is 2.32. The molecule has 1 aromatic heterocycles. The highest BCUT2D eigenvalue weighted by molar-refractivity contribution is 6.31. The minimum Gasteiger partial charge on any atom is -0.494 e. The smallest absolute Gasteiger partial charge is 0.229 e. The van der Waals surface area contributed by atoms with E-state index >= 15 is 0 Å². The summed E-state index contributed by atoms with van der Waals surface area (Å²) in [6.07, 6.45) is 2.04. The van der Waals surface area contributed by atoms with Gasteiger partial charge in [-0.2, -0.15) is 4.98 Å². The van der Waals surface area contributed by atoms with Crippen LogP contribution in [0.5, 0.6) is 5.75 Å². The van der Waals surface area contributed by atoms with Crippen molar-refractivity contribution in [3.63, 3.8) is 0 Å². The van der Waals surface area contributed by atoms with E-state index in [1.54, 1.807) is 0 Å². The van der Waals surface area contributed by atoms with Gasteiger partial charge in [-0.1, -0.05) is 17.7 Å². The van der Waals surface area contributed by atoms with Crippen molar-refractivity contribution in [3.05, 3.63) is 64.3 Å². The Morgan fingerprint density at radius 1 is 1.07 bits per heavy atom. The number of fused-ring (bicyclic) bond motifs is 1. The number of anilines is 4. The molecule has 2 N–H and O–H groups in total. The van der Waals surface area contributed by atoms with Crippen molar-refractivity contribution in [2.75, 3.05) is 17.2 Å². The third-order valence-electron chi connectivity index (χ3n) is 5.02. The highest BCUT2D eigenvalue weighted by atomic mass is 35.5. The maximum Gasteiger partial charge on any atom is 0.229 e. The predicted octanol–water partition coefficient (Wildman–Crippen LogP) is 5.84. The maximum atomic E-state index is 12.6. The molecule has 0 saturated heterocycles. The second kappa shape index (κ2) is 8.71. The number of carbonyl (C=O) groups is 1. The van der Waals surface area contributed by atoms with Gasteiger partial charge >= 0.3 is 0 Å². The first-order valence-corrected chi connectivity index (χ1v) is 10.4. The number of rotatable bonds is 6. The lowest BCUT2D eigenvalue weighted by Gasteiger charge is -2.20. The summed E-state index contributed by atoms with van der Waals surface area (Å²) >= 11 is 6.26. The summed E-state index contributed by atoms with van der Waals surface area (Å²) in [6.45, 7) is 4.50. The van der Waals surface area contributed by atoms with E-state index in [1.807, 2.05) is 56.3 Å². The Labute approximate surface area is 180 Å². The van der Waals surface area contributed by atoms with Crippen LogP contribution in [0.2, 0.25) is 5.02 Å². The largest absolute Gasteiger partial charge is 0.494 e. The number of hydrogen-bond donors (Lipinski definition) is 2. The maximum absolute atomic E-state index is 12.6. The lowest BCUT2D eigenvalue weighted by Crippen LogP contribution is -2.18. The van der Waals surface area contributed by atoms with E-state index in [2.05, 4.69) is 20.6 Å². The van der Waals surface area contributed by atoms with Crippen LogP contribution in [0.4, 0.5) is 23.1 Å². The van der Waals surface area contributed by atoms with Crippen LogP contribution in [-0.2, 0) is 6.42 Å². The van der Waals surface area contributed by atoms with Crippen LogP contribution in [0.1, 0.15) is 41.4 Å². The number of Topliss-reactive ketones (excluding diaryl/α,β-unsaturated/α-hetero) is 1. The lowest BCUT2D eigenvalue weighted by atomic mass is 9.95. The molecule has 0 saturated carbocycles. The fourth-order valence-corrected chi connectivity index (χ4v) is 3.64. The first-order chi connectivity index (χ1) is 14.5. The monoisotopic (exact) mass is 422 g/mol. The minimum atomic E-state index is 0.0612. The van der Waals surface area contributed by atoms with Crippen LogP contribution in [0.15, 0.2) is 42.5 Å². The summed E-state index contributed by atoms with van der Waals surface area (Å²) in [7, 11) is 0. The van der Waals surface area contributed by atoms with E-state index < -0.39 is 0 Å². The third-order valence-corrected chi connectivity index (χ3v) is 5.43. The Hall–Kier alpha value is -3.12. The molecule has 1 heterocycles. The lowest BCUT2D eigenvalue weighted by molar-refractivity contribution is 0.0972. The zero-order chi connectivity index (χ0) is 21.1. The fraction of sp³-hybridized carbons (Fsp3) is 0.261. The predicted molar refractivity (Wildman–Crippen MR) is 120 cm³/mol. The number of halogens is 1. The Bertz CT molecular complexity index is 1080. The summed E-state index contributed by atoms with van der Waals surface area (Å²) < 4.78 is 5.49. The molecule has 2 aromatic carbocycles. The molecule has 0 spiro atoms.